The fraction of sp³-hybridized carbons (Fsp3) is 0.111. The second-order valence-electron chi connectivity index (χ2n) is 4.34. The van der Waals surface area contributed by atoms with Crippen LogP contribution in [0.1, 0.15) is 24.5 Å². The van der Waals surface area contributed by atoms with Crippen LogP contribution >= 0.6 is 0 Å². The molecule has 0 fully saturated rings. The summed E-state index contributed by atoms with van der Waals surface area (Å²) in [7, 11) is 0. The Morgan fingerprint density at radius 3 is 1.89 bits per heavy atom. The number of hydrogen-bond donors (Lipinski definition) is 1. The molecule has 2 rings (SSSR count). The van der Waals surface area contributed by atoms with Gasteiger partial charge in [0.1, 0.15) is 0 Å². The van der Waals surface area contributed by atoms with Crippen LogP contribution in [0, 0.1) is 0 Å². The highest BCUT2D eigenvalue weighted by atomic mass is 14.5. The first-order chi connectivity index (χ1) is 9.36. The molecule has 0 aromatic heterocycles. The van der Waals surface area contributed by atoms with Crippen LogP contribution in [-0.2, 0) is 0 Å². The van der Waals surface area contributed by atoms with Crippen LogP contribution in [0.5, 0.6) is 0 Å². The molecule has 0 saturated carbocycles. The molecule has 0 aliphatic rings. The molecule has 0 amide bonds. The molecule has 1 heteroatoms. The lowest BCUT2D eigenvalue weighted by atomic mass is 9.93. The van der Waals surface area contributed by atoms with Crippen molar-refractivity contribution in [2.75, 3.05) is 0 Å². The predicted octanol–water partition coefficient (Wildman–Crippen LogP) is 4.48. The number of allylic oxidation sites excluding steroid dienone is 3. The summed E-state index contributed by atoms with van der Waals surface area (Å²) >= 11 is 0. The maximum Gasteiger partial charge on any atom is -0.00560 e. The van der Waals surface area contributed by atoms with Crippen molar-refractivity contribution in [3.63, 3.8) is 0 Å². The minimum Gasteiger partial charge on any atom is -0.405 e. The van der Waals surface area contributed by atoms with E-state index in [0.29, 0.717) is 0 Å². The Kier molecular flexibility index (Phi) is 4.57. The fourth-order valence-electron chi connectivity index (χ4n) is 2.27. The maximum atomic E-state index is 5.62. The largest absolute Gasteiger partial charge is 0.405 e. The average molecular weight is 249 g/mol. The van der Waals surface area contributed by atoms with Crippen LogP contribution in [-0.4, -0.2) is 0 Å². The molecule has 0 heterocycles. The highest BCUT2D eigenvalue weighted by molar-refractivity contribution is 5.95. The van der Waals surface area contributed by atoms with Crippen LogP contribution in [0.3, 0.4) is 0 Å². The zero-order valence-electron chi connectivity index (χ0n) is 11.2. The lowest BCUT2D eigenvalue weighted by Crippen LogP contribution is -1.91. The van der Waals surface area contributed by atoms with Crippen LogP contribution in [0.15, 0.2) is 72.9 Å². The molecular formula is C18H19N. The van der Waals surface area contributed by atoms with E-state index in [-0.39, 0.29) is 0 Å². The summed E-state index contributed by atoms with van der Waals surface area (Å²) < 4.78 is 0. The number of benzene rings is 2. The topological polar surface area (TPSA) is 26.0 Å². The first-order valence-electron chi connectivity index (χ1n) is 6.59. The van der Waals surface area contributed by atoms with E-state index in [2.05, 4.69) is 55.5 Å². The van der Waals surface area contributed by atoms with Crippen LogP contribution in [0.2, 0.25) is 0 Å². The summed E-state index contributed by atoms with van der Waals surface area (Å²) in [5.41, 5.74) is 10.6. The Morgan fingerprint density at radius 2 is 1.42 bits per heavy atom. The minimum absolute atomic E-state index is 0.971. The van der Waals surface area contributed by atoms with E-state index in [1.807, 2.05) is 18.2 Å². The molecule has 2 aromatic rings. The molecule has 0 saturated heterocycles. The Hall–Kier alpha value is -2.28. The van der Waals surface area contributed by atoms with Gasteiger partial charge in [-0.25, -0.2) is 0 Å². The summed E-state index contributed by atoms with van der Waals surface area (Å²) in [4.78, 5) is 0. The van der Waals surface area contributed by atoms with Crippen molar-refractivity contribution in [3.05, 3.63) is 84.1 Å². The van der Waals surface area contributed by atoms with Gasteiger partial charge in [-0.1, -0.05) is 67.6 Å². The highest BCUT2D eigenvalue weighted by Crippen LogP contribution is 2.29. The van der Waals surface area contributed by atoms with Crippen LogP contribution in [0.4, 0.5) is 0 Å². The average Bonchev–Trinajstić information content (AvgIpc) is 2.49. The van der Waals surface area contributed by atoms with Gasteiger partial charge >= 0.3 is 0 Å². The van der Waals surface area contributed by atoms with Crippen molar-refractivity contribution < 1.29 is 0 Å². The molecule has 0 atom stereocenters. The highest BCUT2D eigenvalue weighted by Gasteiger charge is 2.07. The molecule has 0 bridgehead atoms. The van der Waals surface area contributed by atoms with Crippen molar-refractivity contribution in [1.29, 1.82) is 0 Å². The third kappa shape index (κ3) is 3.14. The summed E-state index contributed by atoms with van der Waals surface area (Å²) in [5, 5.41) is 0. The molecule has 0 aliphatic heterocycles. The standard InChI is InChI=1S/C18H19N/c1-2-17(15-9-5-3-6-10-15)18(13-14-19)16-11-7-4-8-12-16/h3-14H,2,19H2,1H3/b14-13+,18-17-. The Labute approximate surface area is 115 Å². The third-order valence-electron chi connectivity index (χ3n) is 3.15. The van der Waals surface area contributed by atoms with E-state index in [0.717, 1.165) is 6.42 Å². The smallest absolute Gasteiger partial charge is 0.00560 e. The summed E-state index contributed by atoms with van der Waals surface area (Å²) in [5.74, 6) is 0. The zero-order chi connectivity index (χ0) is 13.5. The Balaban J connectivity index is 2.60. The molecule has 1 nitrogen and oxygen atoms in total. The van der Waals surface area contributed by atoms with Crippen molar-refractivity contribution in [2.24, 2.45) is 5.73 Å². The van der Waals surface area contributed by atoms with E-state index in [1.54, 1.807) is 6.20 Å². The molecule has 2 N–H and O–H groups in total. The van der Waals surface area contributed by atoms with Crippen molar-refractivity contribution in [3.8, 4) is 0 Å². The van der Waals surface area contributed by atoms with Gasteiger partial charge in [-0.15, -0.1) is 0 Å². The predicted molar refractivity (Wildman–Crippen MR) is 83.3 cm³/mol. The fourth-order valence-corrected chi connectivity index (χ4v) is 2.27. The molecule has 96 valence electrons. The molecule has 0 aliphatic carbocycles. The first kappa shape index (κ1) is 13.2. The summed E-state index contributed by atoms with van der Waals surface area (Å²) in [6, 6.07) is 20.8. The van der Waals surface area contributed by atoms with Gasteiger partial charge in [0.25, 0.3) is 0 Å². The third-order valence-corrected chi connectivity index (χ3v) is 3.15. The second-order valence-corrected chi connectivity index (χ2v) is 4.34. The minimum atomic E-state index is 0.971. The van der Waals surface area contributed by atoms with Crippen molar-refractivity contribution in [2.45, 2.75) is 13.3 Å². The molecule has 0 spiro atoms. The van der Waals surface area contributed by atoms with Gasteiger partial charge in [0.15, 0.2) is 0 Å². The second kappa shape index (κ2) is 6.60. The van der Waals surface area contributed by atoms with E-state index in [4.69, 9.17) is 5.73 Å². The van der Waals surface area contributed by atoms with Crippen molar-refractivity contribution in [1.82, 2.24) is 0 Å². The van der Waals surface area contributed by atoms with Gasteiger partial charge in [-0.2, -0.15) is 0 Å². The van der Waals surface area contributed by atoms with Gasteiger partial charge < -0.3 is 5.73 Å². The Morgan fingerprint density at radius 1 is 0.895 bits per heavy atom. The number of nitrogens with two attached hydrogens (primary N) is 1. The lowest BCUT2D eigenvalue weighted by Gasteiger charge is -2.12. The van der Waals surface area contributed by atoms with Crippen LogP contribution in [0.25, 0.3) is 11.1 Å². The zero-order valence-corrected chi connectivity index (χ0v) is 11.2. The first-order valence-corrected chi connectivity index (χ1v) is 6.59. The normalized spacial score (nSPS) is 12.5. The van der Waals surface area contributed by atoms with Crippen LogP contribution < -0.4 is 5.73 Å². The molecule has 0 radical (unpaired) electrons. The monoisotopic (exact) mass is 249 g/mol. The Bertz CT molecular complexity index is 565. The number of rotatable bonds is 4. The van der Waals surface area contributed by atoms with Gasteiger partial charge in [0.05, 0.1) is 0 Å². The maximum absolute atomic E-state index is 5.62. The van der Waals surface area contributed by atoms with Gasteiger partial charge in [-0.3, -0.25) is 0 Å². The van der Waals surface area contributed by atoms with E-state index >= 15 is 0 Å². The molecule has 2 aromatic carbocycles. The lowest BCUT2D eigenvalue weighted by molar-refractivity contribution is 1.24. The van der Waals surface area contributed by atoms with E-state index < -0.39 is 0 Å². The van der Waals surface area contributed by atoms with E-state index in [9.17, 15) is 0 Å². The van der Waals surface area contributed by atoms with Gasteiger partial charge in [-0.05, 0) is 41.0 Å². The SMILES string of the molecule is CC/C(=C(\C=C\N)c1ccccc1)c1ccccc1. The van der Waals surface area contributed by atoms with Gasteiger partial charge in [0, 0.05) is 0 Å². The molecular weight excluding hydrogens is 230 g/mol. The van der Waals surface area contributed by atoms with Crippen molar-refractivity contribution >= 4 is 11.1 Å². The number of hydrogen-bond acceptors (Lipinski definition) is 1. The summed E-state index contributed by atoms with van der Waals surface area (Å²) in [6.07, 6.45) is 4.57. The van der Waals surface area contributed by atoms with Gasteiger partial charge in [0.2, 0.25) is 0 Å². The van der Waals surface area contributed by atoms with E-state index in [1.165, 1.54) is 22.3 Å². The summed E-state index contributed by atoms with van der Waals surface area (Å²) in [6.45, 7) is 2.18. The molecule has 0 unspecified atom stereocenters. The molecule has 19 heavy (non-hydrogen) atoms. The quantitative estimate of drug-likeness (QED) is 0.627.